The van der Waals surface area contributed by atoms with Crippen LogP contribution < -0.4 is 9.64 Å². The molecule has 0 radical (unpaired) electrons. The Morgan fingerprint density at radius 2 is 1.64 bits per heavy atom. The van der Waals surface area contributed by atoms with E-state index in [1.54, 1.807) is 30.3 Å². The third-order valence-electron chi connectivity index (χ3n) is 5.15. The molecule has 8 heteroatoms. The number of ether oxygens (including phenoxy) is 2. The summed E-state index contributed by atoms with van der Waals surface area (Å²) in [6.07, 6.45) is 0.827. The van der Waals surface area contributed by atoms with E-state index in [4.69, 9.17) is 9.47 Å². The molecule has 1 aromatic heterocycles. The number of hydrogen-bond acceptors (Lipinski definition) is 7. The Bertz CT molecular complexity index is 1240. The van der Waals surface area contributed by atoms with Gasteiger partial charge < -0.3 is 9.47 Å². The van der Waals surface area contributed by atoms with Gasteiger partial charge in [0.1, 0.15) is 5.75 Å². The number of anilines is 1. The lowest BCUT2D eigenvalue weighted by Gasteiger charge is -2.14. The van der Waals surface area contributed by atoms with E-state index in [-0.39, 0.29) is 22.5 Å². The zero-order valence-electron chi connectivity index (χ0n) is 18.1. The first-order valence-electron chi connectivity index (χ1n) is 10.5. The normalized spacial score (nSPS) is 12.6. The highest BCUT2D eigenvalue weighted by Crippen LogP contribution is 2.30. The largest absolute Gasteiger partial charge is 0.494 e. The Morgan fingerprint density at radius 1 is 0.909 bits per heavy atom. The number of carbonyl (C=O) groups is 4. The number of hydrogen-bond donors (Lipinski definition) is 0. The first-order chi connectivity index (χ1) is 15.9. The van der Waals surface area contributed by atoms with Gasteiger partial charge in [-0.05, 0) is 67.9 Å². The van der Waals surface area contributed by atoms with Crippen molar-refractivity contribution in [3.05, 3.63) is 81.0 Å². The van der Waals surface area contributed by atoms with Gasteiger partial charge in [0.25, 0.3) is 11.8 Å². The van der Waals surface area contributed by atoms with Gasteiger partial charge in [0.05, 0.1) is 33.9 Å². The SMILES string of the molecule is CCOc1ccc(N2C(=O)c3ccc(C(=O)OCC(=O)c4ccc(CC)s4)cc3C2=O)cc1. The number of amides is 2. The number of rotatable bonds is 8. The second-order valence-electron chi connectivity index (χ2n) is 7.25. The second-order valence-corrected chi connectivity index (χ2v) is 8.42. The van der Waals surface area contributed by atoms with Crippen molar-refractivity contribution in [2.75, 3.05) is 18.1 Å². The molecule has 0 fully saturated rings. The predicted octanol–water partition coefficient (Wildman–Crippen LogP) is 4.55. The van der Waals surface area contributed by atoms with Crippen LogP contribution in [-0.2, 0) is 11.2 Å². The molecular formula is C25H21NO6S. The number of imide groups is 1. The van der Waals surface area contributed by atoms with E-state index < -0.39 is 24.4 Å². The fourth-order valence-corrected chi connectivity index (χ4v) is 4.34. The summed E-state index contributed by atoms with van der Waals surface area (Å²) in [5, 5.41) is 0. The molecule has 2 amide bonds. The van der Waals surface area contributed by atoms with Gasteiger partial charge in [0.2, 0.25) is 5.78 Å². The van der Waals surface area contributed by atoms with Crippen LogP contribution in [0.4, 0.5) is 5.69 Å². The molecule has 168 valence electrons. The Balaban J connectivity index is 1.47. The molecular weight excluding hydrogens is 442 g/mol. The minimum absolute atomic E-state index is 0.0941. The van der Waals surface area contributed by atoms with Gasteiger partial charge in [0.15, 0.2) is 6.61 Å². The standard InChI is InChI=1S/C25H21NO6S/c1-3-18-10-12-22(33-18)21(27)14-32-25(30)15-5-11-19-20(13-15)24(29)26(23(19)28)16-6-8-17(9-7-16)31-4-2/h5-13H,3-4,14H2,1-2H3. The van der Waals surface area contributed by atoms with Gasteiger partial charge >= 0.3 is 5.97 Å². The van der Waals surface area contributed by atoms with Crippen LogP contribution in [-0.4, -0.2) is 36.8 Å². The van der Waals surface area contributed by atoms with Crippen molar-refractivity contribution in [2.45, 2.75) is 20.3 Å². The summed E-state index contributed by atoms with van der Waals surface area (Å²) in [4.78, 5) is 53.2. The predicted molar refractivity (Wildman–Crippen MR) is 124 cm³/mol. The zero-order chi connectivity index (χ0) is 23.5. The van der Waals surface area contributed by atoms with Crippen LogP contribution in [0.5, 0.6) is 5.75 Å². The van der Waals surface area contributed by atoms with Crippen molar-refractivity contribution < 1.29 is 28.7 Å². The quantitative estimate of drug-likeness (QED) is 0.277. The average molecular weight is 464 g/mol. The molecule has 1 aliphatic heterocycles. The van der Waals surface area contributed by atoms with Gasteiger partial charge in [-0.2, -0.15) is 0 Å². The van der Waals surface area contributed by atoms with Gasteiger partial charge in [-0.3, -0.25) is 14.4 Å². The summed E-state index contributed by atoms with van der Waals surface area (Å²) in [6, 6.07) is 14.4. The summed E-state index contributed by atoms with van der Waals surface area (Å²) >= 11 is 1.37. The minimum Gasteiger partial charge on any atom is -0.494 e. The van der Waals surface area contributed by atoms with Gasteiger partial charge in [-0.25, -0.2) is 9.69 Å². The van der Waals surface area contributed by atoms with Crippen LogP contribution in [0, 0.1) is 0 Å². The third kappa shape index (κ3) is 4.42. The van der Waals surface area contributed by atoms with E-state index in [9.17, 15) is 19.2 Å². The Kier molecular flexibility index (Phi) is 6.37. The molecule has 4 rings (SSSR count). The maximum Gasteiger partial charge on any atom is 0.338 e. The maximum absolute atomic E-state index is 12.9. The molecule has 0 aliphatic carbocycles. The number of nitrogens with zero attached hydrogens (tertiary/aromatic N) is 1. The summed E-state index contributed by atoms with van der Waals surface area (Å²) in [7, 11) is 0. The van der Waals surface area contributed by atoms with Crippen LogP contribution in [0.1, 0.15) is 59.5 Å². The molecule has 7 nitrogen and oxygen atoms in total. The van der Waals surface area contributed by atoms with Crippen LogP contribution in [0.15, 0.2) is 54.6 Å². The van der Waals surface area contributed by atoms with E-state index in [0.717, 1.165) is 16.2 Å². The van der Waals surface area contributed by atoms with E-state index >= 15 is 0 Å². The fraction of sp³-hybridized carbons (Fsp3) is 0.200. The Morgan fingerprint density at radius 3 is 2.30 bits per heavy atom. The number of Topliss-reactive ketones (excluding diaryl/α,β-unsaturated/α-hetero) is 1. The summed E-state index contributed by atoms with van der Waals surface area (Å²) < 4.78 is 10.5. The summed E-state index contributed by atoms with van der Waals surface area (Å²) in [6.45, 7) is 3.96. The van der Waals surface area contributed by atoms with Crippen LogP contribution in [0.3, 0.4) is 0 Å². The Hall–Kier alpha value is -3.78. The van der Waals surface area contributed by atoms with E-state index in [1.165, 1.54) is 29.5 Å². The van der Waals surface area contributed by atoms with Crippen molar-refractivity contribution in [1.82, 2.24) is 0 Å². The summed E-state index contributed by atoms with van der Waals surface area (Å²) in [5.74, 6) is -1.40. The lowest BCUT2D eigenvalue weighted by Crippen LogP contribution is -2.29. The van der Waals surface area contributed by atoms with Crippen molar-refractivity contribution in [3.63, 3.8) is 0 Å². The topological polar surface area (TPSA) is 90.0 Å². The molecule has 2 aromatic carbocycles. The molecule has 0 bridgehead atoms. The number of ketones is 1. The zero-order valence-corrected chi connectivity index (χ0v) is 18.9. The summed E-state index contributed by atoms with van der Waals surface area (Å²) in [5.41, 5.74) is 0.811. The van der Waals surface area contributed by atoms with E-state index in [1.807, 2.05) is 19.9 Å². The van der Waals surface area contributed by atoms with Crippen LogP contribution in [0.2, 0.25) is 0 Å². The van der Waals surface area contributed by atoms with E-state index in [2.05, 4.69) is 0 Å². The van der Waals surface area contributed by atoms with E-state index in [0.29, 0.717) is 22.9 Å². The highest BCUT2D eigenvalue weighted by molar-refractivity contribution is 7.14. The van der Waals surface area contributed by atoms with Gasteiger partial charge in [-0.1, -0.05) is 6.92 Å². The van der Waals surface area contributed by atoms with Crippen LogP contribution >= 0.6 is 11.3 Å². The second kappa shape index (κ2) is 9.38. The van der Waals surface area contributed by atoms with Crippen molar-refractivity contribution in [3.8, 4) is 5.75 Å². The highest BCUT2D eigenvalue weighted by Gasteiger charge is 2.37. The van der Waals surface area contributed by atoms with Gasteiger partial charge in [0, 0.05) is 4.88 Å². The lowest BCUT2D eigenvalue weighted by atomic mass is 10.1. The minimum atomic E-state index is -0.738. The number of esters is 1. The molecule has 0 atom stereocenters. The maximum atomic E-state index is 12.9. The number of carbonyl (C=O) groups excluding carboxylic acids is 4. The van der Waals surface area contributed by atoms with Crippen molar-refractivity contribution >= 4 is 40.6 Å². The first kappa shape index (κ1) is 22.4. The third-order valence-corrected chi connectivity index (χ3v) is 6.42. The molecule has 0 saturated heterocycles. The highest BCUT2D eigenvalue weighted by atomic mass is 32.1. The molecule has 0 saturated carbocycles. The molecule has 33 heavy (non-hydrogen) atoms. The number of thiophene rings is 1. The molecule has 0 N–H and O–H groups in total. The number of aryl methyl sites for hydroxylation is 1. The average Bonchev–Trinajstić information content (AvgIpc) is 3.41. The number of benzene rings is 2. The molecule has 1 aliphatic rings. The lowest BCUT2D eigenvalue weighted by molar-refractivity contribution is 0.0475. The van der Waals surface area contributed by atoms with Crippen LogP contribution in [0.25, 0.3) is 0 Å². The van der Waals surface area contributed by atoms with Crippen molar-refractivity contribution in [2.24, 2.45) is 0 Å². The molecule has 3 aromatic rings. The first-order valence-corrected chi connectivity index (χ1v) is 11.3. The fourth-order valence-electron chi connectivity index (χ4n) is 3.46. The molecule has 2 heterocycles. The molecule has 0 spiro atoms. The van der Waals surface area contributed by atoms with Crippen molar-refractivity contribution in [1.29, 1.82) is 0 Å². The molecule has 0 unspecified atom stereocenters. The van der Waals surface area contributed by atoms with Gasteiger partial charge in [-0.15, -0.1) is 11.3 Å². The smallest absolute Gasteiger partial charge is 0.338 e. The Labute approximate surface area is 194 Å². The number of fused-ring (bicyclic) bond motifs is 1. The monoisotopic (exact) mass is 463 g/mol.